The molecule has 29 heavy (non-hydrogen) atoms. The second kappa shape index (κ2) is 9.50. The number of methoxy groups -OCH3 is 1. The highest BCUT2D eigenvalue weighted by atomic mass is 32.2. The Bertz CT molecular complexity index is 827. The van der Waals surface area contributed by atoms with E-state index in [1.807, 2.05) is 26.0 Å². The lowest BCUT2D eigenvalue weighted by Gasteiger charge is -2.25. The normalized spacial score (nSPS) is 21.2. The fourth-order valence-electron chi connectivity index (χ4n) is 3.35. The zero-order chi connectivity index (χ0) is 21.0. The van der Waals surface area contributed by atoms with Crippen LogP contribution in [-0.4, -0.2) is 42.1 Å². The standard InChI is InChI=1S/C22H27NO5S/c1-5-8-15-11-16(12-19-21(24)23(14(2)3)22(25)29-19)17(26-4)13-18(15)28-20-9-6-7-10-27-20/h5,11-14,20H,1,6-10H2,2-4H3/b19-12-. The van der Waals surface area contributed by atoms with Crippen molar-refractivity contribution in [3.05, 3.63) is 40.8 Å². The van der Waals surface area contributed by atoms with Gasteiger partial charge in [0, 0.05) is 24.1 Å². The van der Waals surface area contributed by atoms with Gasteiger partial charge in [0.25, 0.3) is 11.1 Å². The van der Waals surface area contributed by atoms with E-state index >= 15 is 0 Å². The average molecular weight is 418 g/mol. The molecule has 2 heterocycles. The van der Waals surface area contributed by atoms with Gasteiger partial charge in [-0.05, 0) is 62.6 Å². The van der Waals surface area contributed by atoms with E-state index in [0.717, 1.165) is 42.2 Å². The summed E-state index contributed by atoms with van der Waals surface area (Å²) in [5, 5.41) is -0.254. The van der Waals surface area contributed by atoms with Crippen LogP contribution < -0.4 is 9.47 Å². The maximum Gasteiger partial charge on any atom is 0.293 e. The smallest absolute Gasteiger partial charge is 0.293 e. The van der Waals surface area contributed by atoms with Gasteiger partial charge < -0.3 is 14.2 Å². The predicted octanol–water partition coefficient (Wildman–Crippen LogP) is 4.77. The highest BCUT2D eigenvalue weighted by molar-refractivity contribution is 8.18. The summed E-state index contributed by atoms with van der Waals surface area (Å²) >= 11 is 0.948. The van der Waals surface area contributed by atoms with Gasteiger partial charge in [0.15, 0.2) is 6.29 Å². The van der Waals surface area contributed by atoms with Gasteiger partial charge in [-0.2, -0.15) is 0 Å². The molecule has 1 aromatic carbocycles. The third kappa shape index (κ3) is 4.85. The summed E-state index contributed by atoms with van der Waals surface area (Å²) in [6.07, 6.45) is 6.80. The van der Waals surface area contributed by atoms with Crippen molar-refractivity contribution in [3.63, 3.8) is 0 Å². The molecule has 2 aliphatic heterocycles. The van der Waals surface area contributed by atoms with E-state index in [-0.39, 0.29) is 23.5 Å². The highest BCUT2D eigenvalue weighted by Gasteiger charge is 2.36. The van der Waals surface area contributed by atoms with Crippen LogP contribution >= 0.6 is 11.8 Å². The minimum Gasteiger partial charge on any atom is -0.496 e. The Morgan fingerprint density at radius 1 is 1.31 bits per heavy atom. The zero-order valence-corrected chi connectivity index (χ0v) is 17.9. The third-order valence-corrected chi connectivity index (χ3v) is 5.68. The van der Waals surface area contributed by atoms with E-state index in [4.69, 9.17) is 14.2 Å². The number of hydrogen-bond donors (Lipinski definition) is 0. The number of imide groups is 1. The molecule has 2 amide bonds. The number of carbonyl (C=O) groups is 2. The van der Waals surface area contributed by atoms with E-state index < -0.39 is 0 Å². The van der Waals surface area contributed by atoms with Crippen LogP contribution in [0.25, 0.3) is 6.08 Å². The molecule has 156 valence electrons. The molecular weight excluding hydrogens is 390 g/mol. The van der Waals surface area contributed by atoms with Crippen LogP contribution in [0.1, 0.15) is 44.2 Å². The molecule has 0 N–H and O–H groups in total. The SMILES string of the molecule is C=CCc1cc(/C=C2\SC(=O)N(C(C)C)C2=O)c(OC)cc1OC1CCCCO1. The Kier molecular flexibility index (Phi) is 7.03. The van der Waals surface area contributed by atoms with Crippen LogP contribution in [0.2, 0.25) is 0 Å². The first-order chi connectivity index (χ1) is 13.9. The van der Waals surface area contributed by atoms with E-state index in [0.29, 0.717) is 29.4 Å². The van der Waals surface area contributed by atoms with Gasteiger partial charge in [-0.15, -0.1) is 6.58 Å². The van der Waals surface area contributed by atoms with Gasteiger partial charge in [-0.3, -0.25) is 14.5 Å². The Balaban J connectivity index is 1.94. The Morgan fingerprint density at radius 3 is 2.69 bits per heavy atom. The average Bonchev–Trinajstić information content (AvgIpc) is 2.98. The molecule has 0 spiro atoms. The van der Waals surface area contributed by atoms with Gasteiger partial charge in [-0.1, -0.05) is 6.08 Å². The number of benzene rings is 1. The summed E-state index contributed by atoms with van der Waals surface area (Å²) in [4.78, 5) is 26.4. The van der Waals surface area contributed by atoms with Crippen molar-refractivity contribution in [2.75, 3.05) is 13.7 Å². The fourth-order valence-corrected chi connectivity index (χ4v) is 4.30. The molecule has 1 aromatic rings. The molecule has 2 aliphatic rings. The molecule has 0 saturated carbocycles. The molecule has 1 atom stereocenters. The molecule has 3 rings (SSSR count). The highest BCUT2D eigenvalue weighted by Crippen LogP contribution is 2.37. The first-order valence-corrected chi connectivity index (χ1v) is 10.6. The molecule has 7 heteroatoms. The van der Waals surface area contributed by atoms with Crippen LogP contribution in [0.5, 0.6) is 11.5 Å². The number of ether oxygens (including phenoxy) is 3. The number of hydrogen-bond acceptors (Lipinski definition) is 6. The maximum atomic E-state index is 12.6. The first-order valence-electron chi connectivity index (χ1n) is 9.81. The molecule has 6 nitrogen and oxygen atoms in total. The topological polar surface area (TPSA) is 65.1 Å². The van der Waals surface area contributed by atoms with Gasteiger partial charge >= 0.3 is 0 Å². The quantitative estimate of drug-likeness (QED) is 0.470. The van der Waals surface area contributed by atoms with Crippen molar-refractivity contribution in [2.45, 2.75) is 51.9 Å². The minimum atomic E-state index is -0.279. The third-order valence-electron chi connectivity index (χ3n) is 4.80. The zero-order valence-electron chi connectivity index (χ0n) is 17.1. The molecule has 2 saturated heterocycles. The fraction of sp³-hybridized carbons (Fsp3) is 0.455. The molecule has 1 unspecified atom stereocenters. The number of thioether (sulfide) groups is 1. The number of amides is 2. The number of nitrogens with zero attached hydrogens (tertiary/aromatic N) is 1. The van der Waals surface area contributed by atoms with E-state index in [1.54, 1.807) is 19.3 Å². The van der Waals surface area contributed by atoms with Crippen molar-refractivity contribution in [3.8, 4) is 11.5 Å². The molecule has 0 aliphatic carbocycles. The Hall–Kier alpha value is -2.25. The van der Waals surface area contributed by atoms with E-state index in [9.17, 15) is 9.59 Å². The van der Waals surface area contributed by atoms with Crippen molar-refractivity contribution < 1.29 is 23.8 Å². The summed E-state index contributed by atoms with van der Waals surface area (Å²) in [6.45, 7) is 8.17. The summed E-state index contributed by atoms with van der Waals surface area (Å²) in [5.74, 6) is 0.972. The number of allylic oxidation sites excluding steroid dienone is 1. The van der Waals surface area contributed by atoms with E-state index in [1.165, 1.54) is 4.90 Å². The molecule has 0 bridgehead atoms. The van der Waals surface area contributed by atoms with Gasteiger partial charge in [0.2, 0.25) is 0 Å². The summed E-state index contributed by atoms with van der Waals surface area (Å²) < 4.78 is 17.3. The van der Waals surface area contributed by atoms with Crippen molar-refractivity contribution in [2.24, 2.45) is 0 Å². The second-order valence-corrected chi connectivity index (χ2v) is 8.25. The van der Waals surface area contributed by atoms with Crippen molar-refractivity contribution in [1.29, 1.82) is 0 Å². The summed E-state index contributed by atoms with van der Waals surface area (Å²) in [6, 6.07) is 3.55. The molecule has 0 aromatic heterocycles. The van der Waals surface area contributed by atoms with Gasteiger partial charge in [0.05, 0.1) is 18.6 Å². The lowest BCUT2D eigenvalue weighted by Crippen LogP contribution is -2.34. The summed E-state index contributed by atoms with van der Waals surface area (Å²) in [5.41, 5.74) is 1.64. The largest absolute Gasteiger partial charge is 0.496 e. The van der Waals surface area contributed by atoms with Gasteiger partial charge in [-0.25, -0.2) is 0 Å². The molecular formula is C22H27NO5S. The maximum absolute atomic E-state index is 12.6. The second-order valence-electron chi connectivity index (χ2n) is 7.25. The number of carbonyl (C=O) groups excluding carboxylic acids is 2. The molecule has 2 fully saturated rings. The lowest BCUT2D eigenvalue weighted by molar-refractivity contribution is -0.123. The number of rotatable bonds is 7. The monoisotopic (exact) mass is 417 g/mol. The van der Waals surface area contributed by atoms with Gasteiger partial charge in [0.1, 0.15) is 11.5 Å². The van der Waals surface area contributed by atoms with Crippen LogP contribution in [0, 0.1) is 0 Å². The first kappa shape index (κ1) is 21.5. The Labute approximate surface area is 175 Å². The van der Waals surface area contributed by atoms with Crippen LogP contribution in [-0.2, 0) is 16.0 Å². The van der Waals surface area contributed by atoms with Crippen LogP contribution in [0.4, 0.5) is 4.79 Å². The van der Waals surface area contributed by atoms with Crippen LogP contribution in [0.3, 0.4) is 0 Å². The molecule has 0 radical (unpaired) electrons. The van der Waals surface area contributed by atoms with Crippen molar-refractivity contribution >= 4 is 29.0 Å². The lowest BCUT2D eigenvalue weighted by atomic mass is 10.0. The Morgan fingerprint density at radius 2 is 2.10 bits per heavy atom. The van der Waals surface area contributed by atoms with E-state index in [2.05, 4.69) is 6.58 Å². The minimum absolute atomic E-state index is 0.183. The van der Waals surface area contributed by atoms with Crippen LogP contribution in [0.15, 0.2) is 29.7 Å². The summed E-state index contributed by atoms with van der Waals surface area (Å²) in [7, 11) is 1.57. The van der Waals surface area contributed by atoms with Crippen molar-refractivity contribution in [1.82, 2.24) is 4.90 Å². The predicted molar refractivity (Wildman–Crippen MR) is 114 cm³/mol.